The Labute approximate surface area is 183 Å². The summed E-state index contributed by atoms with van der Waals surface area (Å²) in [5.41, 5.74) is 3.35. The number of thiocarbonyl (C=S) groups is 1. The Kier molecular flexibility index (Phi) is 5.76. The predicted octanol–water partition coefficient (Wildman–Crippen LogP) is 4.22. The number of methoxy groups -OCH3 is 2. The highest BCUT2D eigenvalue weighted by atomic mass is 32.1. The molecule has 0 saturated carbocycles. The zero-order chi connectivity index (χ0) is 21.8. The number of nitrogens with one attached hydrogen (secondary N) is 2. The lowest BCUT2D eigenvalue weighted by Crippen LogP contribution is -2.20. The molecule has 0 saturated heterocycles. The number of phenols is 1. The van der Waals surface area contributed by atoms with Crippen molar-refractivity contribution >= 4 is 40.0 Å². The van der Waals surface area contributed by atoms with Crippen molar-refractivity contribution in [2.45, 2.75) is 0 Å². The quantitative estimate of drug-likeness (QED) is 0.399. The van der Waals surface area contributed by atoms with Gasteiger partial charge in [0.05, 0.1) is 26.1 Å². The van der Waals surface area contributed by atoms with Crippen molar-refractivity contribution in [2.75, 3.05) is 24.9 Å². The van der Waals surface area contributed by atoms with Crippen LogP contribution in [0.5, 0.6) is 17.2 Å². The number of aromatic nitrogens is 3. The second kappa shape index (κ2) is 8.80. The summed E-state index contributed by atoms with van der Waals surface area (Å²) >= 11 is 5.37. The Balaban J connectivity index is 1.56. The SMILES string of the molecule is COc1cccc(NC(=S)Nc2cnc3ccc(-c4ccc(O)c(OC)c4)nc3n2)c1. The fourth-order valence-corrected chi connectivity index (χ4v) is 3.16. The van der Waals surface area contributed by atoms with E-state index in [4.69, 9.17) is 21.7 Å². The molecule has 0 radical (unpaired) electrons. The number of nitrogens with zero attached hydrogens (tertiary/aromatic N) is 3. The van der Waals surface area contributed by atoms with Gasteiger partial charge >= 0.3 is 0 Å². The van der Waals surface area contributed by atoms with Crippen LogP contribution in [0, 0.1) is 0 Å². The summed E-state index contributed by atoms with van der Waals surface area (Å²) in [6.07, 6.45) is 1.59. The number of benzene rings is 2. The van der Waals surface area contributed by atoms with E-state index in [1.807, 2.05) is 36.4 Å². The molecule has 0 unspecified atom stereocenters. The zero-order valence-corrected chi connectivity index (χ0v) is 17.6. The molecule has 0 aliphatic rings. The van der Waals surface area contributed by atoms with Gasteiger partial charge in [-0.1, -0.05) is 6.07 Å². The van der Waals surface area contributed by atoms with Crippen molar-refractivity contribution < 1.29 is 14.6 Å². The Bertz CT molecular complexity index is 1270. The second-order valence-electron chi connectivity index (χ2n) is 6.49. The molecule has 31 heavy (non-hydrogen) atoms. The molecule has 156 valence electrons. The predicted molar refractivity (Wildman–Crippen MR) is 124 cm³/mol. The fraction of sp³-hybridized carbons (Fsp3) is 0.0909. The first-order valence-electron chi connectivity index (χ1n) is 9.29. The average Bonchev–Trinajstić information content (AvgIpc) is 2.79. The van der Waals surface area contributed by atoms with Gasteiger partial charge in [-0.3, -0.25) is 0 Å². The van der Waals surface area contributed by atoms with E-state index in [1.54, 1.807) is 31.5 Å². The maximum absolute atomic E-state index is 9.81. The molecular weight excluding hydrogens is 414 g/mol. The van der Waals surface area contributed by atoms with E-state index in [2.05, 4.69) is 25.6 Å². The molecule has 0 atom stereocenters. The number of hydrogen-bond donors (Lipinski definition) is 3. The van der Waals surface area contributed by atoms with Crippen molar-refractivity contribution in [3.05, 3.63) is 60.8 Å². The number of fused-ring (bicyclic) bond motifs is 1. The molecule has 2 aromatic heterocycles. The van der Waals surface area contributed by atoms with Crippen LogP contribution in [0.25, 0.3) is 22.4 Å². The summed E-state index contributed by atoms with van der Waals surface area (Å²) in [4.78, 5) is 13.5. The van der Waals surface area contributed by atoms with Crippen molar-refractivity contribution in [3.63, 3.8) is 0 Å². The maximum Gasteiger partial charge on any atom is 0.180 e. The minimum absolute atomic E-state index is 0.0652. The molecule has 0 amide bonds. The largest absolute Gasteiger partial charge is 0.504 e. The minimum atomic E-state index is 0.0652. The smallest absolute Gasteiger partial charge is 0.180 e. The first kappa shape index (κ1) is 20.3. The molecule has 3 N–H and O–H groups in total. The van der Waals surface area contributed by atoms with Gasteiger partial charge in [0.2, 0.25) is 0 Å². The molecular formula is C22H19N5O3S. The van der Waals surface area contributed by atoms with Crippen LogP contribution in [0.3, 0.4) is 0 Å². The van der Waals surface area contributed by atoms with E-state index in [-0.39, 0.29) is 5.75 Å². The molecule has 4 rings (SSSR count). The Morgan fingerprint density at radius 2 is 1.84 bits per heavy atom. The number of pyridine rings is 1. The highest BCUT2D eigenvalue weighted by Gasteiger charge is 2.09. The van der Waals surface area contributed by atoms with Crippen molar-refractivity contribution in [2.24, 2.45) is 0 Å². The molecule has 0 aliphatic carbocycles. The lowest BCUT2D eigenvalue weighted by molar-refractivity contribution is 0.373. The summed E-state index contributed by atoms with van der Waals surface area (Å²) in [5, 5.41) is 16.3. The molecule has 4 aromatic rings. The topological polar surface area (TPSA) is 101 Å². The summed E-state index contributed by atoms with van der Waals surface area (Å²) < 4.78 is 10.4. The van der Waals surface area contributed by atoms with Gasteiger partial charge in [0.25, 0.3) is 0 Å². The van der Waals surface area contributed by atoms with E-state index >= 15 is 0 Å². The average molecular weight is 433 g/mol. The van der Waals surface area contributed by atoms with Crippen molar-refractivity contribution in [1.82, 2.24) is 15.0 Å². The van der Waals surface area contributed by atoms with Crippen LogP contribution in [0.15, 0.2) is 60.8 Å². The number of hydrogen-bond acceptors (Lipinski definition) is 7. The number of ether oxygens (including phenoxy) is 2. The maximum atomic E-state index is 9.81. The fourth-order valence-electron chi connectivity index (χ4n) is 2.94. The van der Waals surface area contributed by atoms with E-state index < -0.39 is 0 Å². The first-order chi connectivity index (χ1) is 15.1. The molecule has 0 bridgehead atoms. The lowest BCUT2D eigenvalue weighted by Gasteiger charge is -2.11. The number of anilines is 2. The molecule has 8 nitrogen and oxygen atoms in total. The van der Waals surface area contributed by atoms with Gasteiger partial charge in [-0.2, -0.15) is 0 Å². The third-order valence-electron chi connectivity index (χ3n) is 4.45. The Morgan fingerprint density at radius 3 is 2.65 bits per heavy atom. The summed E-state index contributed by atoms with van der Waals surface area (Å²) in [5.74, 6) is 1.62. The lowest BCUT2D eigenvalue weighted by atomic mass is 10.1. The van der Waals surface area contributed by atoms with Crippen LogP contribution in [0.1, 0.15) is 0 Å². The van der Waals surface area contributed by atoms with Crippen LogP contribution in [0.4, 0.5) is 11.5 Å². The Hall–Kier alpha value is -3.98. The van der Waals surface area contributed by atoms with E-state index in [1.165, 1.54) is 7.11 Å². The molecule has 0 fully saturated rings. The van der Waals surface area contributed by atoms with Gasteiger partial charge in [-0.05, 0) is 54.7 Å². The third-order valence-corrected chi connectivity index (χ3v) is 4.66. The number of rotatable bonds is 5. The van der Waals surface area contributed by atoms with Gasteiger partial charge in [-0.15, -0.1) is 0 Å². The third kappa shape index (κ3) is 4.62. The first-order valence-corrected chi connectivity index (χ1v) is 9.70. The van der Waals surface area contributed by atoms with Crippen LogP contribution in [0.2, 0.25) is 0 Å². The van der Waals surface area contributed by atoms with Crippen molar-refractivity contribution in [3.8, 4) is 28.5 Å². The van der Waals surface area contributed by atoms with E-state index in [9.17, 15) is 5.11 Å². The highest BCUT2D eigenvalue weighted by Crippen LogP contribution is 2.31. The summed E-state index contributed by atoms with van der Waals surface area (Å²) in [6.45, 7) is 0. The van der Waals surface area contributed by atoms with Gasteiger partial charge in [0, 0.05) is 17.3 Å². The van der Waals surface area contributed by atoms with Crippen LogP contribution in [-0.4, -0.2) is 39.4 Å². The Morgan fingerprint density at radius 1 is 0.968 bits per heavy atom. The molecule has 9 heteroatoms. The van der Waals surface area contributed by atoms with Gasteiger partial charge in [0.15, 0.2) is 28.1 Å². The van der Waals surface area contributed by atoms with Gasteiger partial charge in [0.1, 0.15) is 11.3 Å². The molecule has 2 aromatic carbocycles. The van der Waals surface area contributed by atoms with E-state index in [0.717, 1.165) is 17.0 Å². The van der Waals surface area contributed by atoms with Gasteiger partial charge < -0.3 is 25.2 Å². The number of aromatic hydroxyl groups is 1. The van der Waals surface area contributed by atoms with Gasteiger partial charge in [-0.25, -0.2) is 15.0 Å². The summed E-state index contributed by atoms with van der Waals surface area (Å²) in [6, 6.07) is 16.1. The zero-order valence-electron chi connectivity index (χ0n) is 16.8. The molecule has 2 heterocycles. The van der Waals surface area contributed by atoms with Crippen LogP contribution < -0.4 is 20.1 Å². The normalized spacial score (nSPS) is 10.5. The van der Waals surface area contributed by atoms with Crippen LogP contribution in [-0.2, 0) is 0 Å². The van der Waals surface area contributed by atoms with Crippen molar-refractivity contribution in [1.29, 1.82) is 0 Å². The van der Waals surface area contributed by atoms with E-state index in [0.29, 0.717) is 33.5 Å². The standard InChI is InChI=1S/C22H19N5O3S/c1-29-15-5-3-4-14(11-15)24-22(31)27-20-12-23-17-8-7-16(25-21(17)26-20)13-6-9-18(28)19(10-13)30-2/h3-12,28H,1-2H3,(H2,24,25,26,27,31). The monoisotopic (exact) mass is 433 g/mol. The second-order valence-corrected chi connectivity index (χ2v) is 6.90. The molecule has 0 aliphatic heterocycles. The minimum Gasteiger partial charge on any atom is -0.504 e. The highest BCUT2D eigenvalue weighted by molar-refractivity contribution is 7.80. The van der Waals surface area contributed by atoms with Crippen LogP contribution >= 0.6 is 12.2 Å². The number of phenolic OH excluding ortho intramolecular Hbond substituents is 1. The molecule has 0 spiro atoms. The summed E-state index contributed by atoms with van der Waals surface area (Å²) in [7, 11) is 3.11.